The predicted molar refractivity (Wildman–Crippen MR) is 58.9 cm³/mol. The van der Waals surface area contributed by atoms with Gasteiger partial charge in [0.25, 0.3) is 0 Å². The van der Waals surface area contributed by atoms with E-state index in [0.717, 1.165) is 5.56 Å². The first-order chi connectivity index (χ1) is 7.22. The summed E-state index contributed by atoms with van der Waals surface area (Å²) in [4.78, 5) is 18.2. The van der Waals surface area contributed by atoms with Crippen LogP contribution in [0.15, 0.2) is 18.5 Å². The maximum Gasteiger partial charge on any atom is 0.232 e. The number of nitriles is 1. The molecule has 1 rings (SSSR count). The molecule has 5 heteroatoms. The fraction of sp³-hybridized carbons (Fsp3) is 0.200. The second-order valence-corrected chi connectivity index (χ2v) is 3.85. The van der Waals surface area contributed by atoms with Crippen molar-refractivity contribution >= 4 is 23.0 Å². The molecule has 4 nitrogen and oxygen atoms in total. The van der Waals surface area contributed by atoms with Crippen LogP contribution >= 0.6 is 11.8 Å². The molecule has 0 N–H and O–H groups in total. The van der Waals surface area contributed by atoms with Gasteiger partial charge in [0.2, 0.25) is 5.82 Å². The molecule has 0 fully saturated rings. The van der Waals surface area contributed by atoms with E-state index in [0.29, 0.717) is 5.75 Å². The molecule has 1 aromatic heterocycles. The Bertz CT molecular complexity index is 406. The zero-order valence-electron chi connectivity index (χ0n) is 8.17. The highest BCUT2D eigenvalue weighted by molar-refractivity contribution is 8.13. The highest BCUT2D eigenvalue weighted by atomic mass is 32.2. The molecular weight excluding hydrogens is 210 g/mol. The Kier molecular flexibility index (Phi) is 4.51. The summed E-state index contributed by atoms with van der Waals surface area (Å²) in [5.74, 6) is 0.792. The Labute approximate surface area is 92.0 Å². The molecule has 1 aromatic rings. The molecule has 0 bridgehead atoms. The van der Waals surface area contributed by atoms with Gasteiger partial charge >= 0.3 is 0 Å². The van der Waals surface area contributed by atoms with E-state index in [1.807, 2.05) is 18.2 Å². The van der Waals surface area contributed by atoms with Crippen LogP contribution in [0.1, 0.15) is 18.3 Å². The number of aromatic nitrogens is 2. The highest BCUT2D eigenvalue weighted by Gasteiger charge is 1.93. The normalized spacial score (nSPS) is 10.1. The van der Waals surface area contributed by atoms with Crippen molar-refractivity contribution in [2.75, 3.05) is 5.75 Å². The van der Waals surface area contributed by atoms with E-state index >= 15 is 0 Å². The van der Waals surface area contributed by atoms with Gasteiger partial charge in [0.15, 0.2) is 5.12 Å². The minimum absolute atomic E-state index is 0.0933. The quantitative estimate of drug-likeness (QED) is 0.773. The lowest BCUT2D eigenvalue weighted by molar-refractivity contribution is -0.109. The standard InChI is InChI=1S/C10H9N3OS/c1-8(14)15-4-2-3-9-6-12-10(5-11)13-7-9/h2-3,6-7H,4H2,1H3. The summed E-state index contributed by atoms with van der Waals surface area (Å²) in [5.41, 5.74) is 0.818. The first kappa shape index (κ1) is 11.4. The third kappa shape index (κ3) is 4.38. The molecule has 0 unspecified atom stereocenters. The minimum Gasteiger partial charge on any atom is -0.288 e. The van der Waals surface area contributed by atoms with Gasteiger partial charge in [-0.05, 0) is 0 Å². The molecule has 15 heavy (non-hydrogen) atoms. The topological polar surface area (TPSA) is 66.6 Å². The average Bonchev–Trinajstić information content (AvgIpc) is 2.25. The van der Waals surface area contributed by atoms with Crippen LogP contribution < -0.4 is 0 Å². The van der Waals surface area contributed by atoms with Crippen LogP contribution in [0, 0.1) is 11.3 Å². The van der Waals surface area contributed by atoms with Crippen molar-refractivity contribution < 1.29 is 4.79 Å². The van der Waals surface area contributed by atoms with Gasteiger partial charge in [-0.1, -0.05) is 23.9 Å². The third-order valence-electron chi connectivity index (χ3n) is 1.46. The summed E-state index contributed by atoms with van der Waals surface area (Å²) >= 11 is 1.24. The van der Waals surface area contributed by atoms with Crippen LogP contribution in [0.4, 0.5) is 0 Å². The average molecular weight is 219 g/mol. The van der Waals surface area contributed by atoms with E-state index in [9.17, 15) is 4.79 Å². The van der Waals surface area contributed by atoms with Crippen molar-refractivity contribution in [2.24, 2.45) is 0 Å². The summed E-state index contributed by atoms with van der Waals surface area (Å²) in [6.45, 7) is 1.53. The first-order valence-electron chi connectivity index (χ1n) is 4.24. The summed E-state index contributed by atoms with van der Waals surface area (Å²) in [6.07, 6.45) is 6.81. The molecular formula is C10H9N3OS. The number of hydrogen-bond donors (Lipinski definition) is 0. The molecule has 0 aromatic carbocycles. The SMILES string of the molecule is CC(=O)SCC=Cc1cnc(C#N)nc1. The van der Waals surface area contributed by atoms with Gasteiger partial charge in [0.05, 0.1) is 0 Å². The lowest BCUT2D eigenvalue weighted by atomic mass is 10.3. The molecule has 0 amide bonds. The van der Waals surface area contributed by atoms with Crippen molar-refractivity contribution in [3.63, 3.8) is 0 Å². The lowest BCUT2D eigenvalue weighted by Gasteiger charge is -1.91. The number of carbonyl (C=O) groups excluding carboxylic acids is 1. The van der Waals surface area contributed by atoms with Gasteiger partial charge in [-0.25, -0.2) is 9.97 Å². The highest BCUT2D eigenvalue weighted by Crippen LogP contribution is 2.04. The fourth-order valence-electron chi connectivity index (χ4n) is 0.831. The van der Waals surface area contributed by atoms with Crippen LogP contribution in [0.2, 0.25) is 0 Å². The first-order valence-corrected chi connectivity index (χ1v) is 5.23. The number of rotatable bonds is 3. The molecule has 76 valence electrons. The Morgan fingerprint density at radius 2 is 2.27 bits per heavy atom. The Hall–Kier alpha value is -1.67. The molecule has 1 heterocycles. The minimum atomic E-state index is 0.0933. The maximum atomic E-state index is 10.6. The van der Waals surface area contributed by atoms with Gasteiger partial charge in [-0.2, -0.15) is 5.26 Å². The molecule has 0 saturated carbocycles. The van der Waals surface area contributed by atoms with Gasteiger partial charge in [0, 0.05) is 30.6 Å². The monoisotopic (exact) mass is 219 g/mol. The predicted octanol–water partition coefficient (Wildman–Crippen LogP) is 1.64. The van der Waals surface area contributed by atoms with Gasteiger partial charge in [-0.15, -0.1) is 0 Å². The third-order valence-corrected chi connectivity index (χ3v) is 2.23. The van der Waals surface area contributed by atoms with E-state index in [1.54, 1.807) is 12.4 Å². The molecule has 0 radical (unpaired) electrons. The van der Waals surface area contributed by atoms with E-state index in [2.05, 4.69) is 9.97 Å². The van der Waals surface area contributed by atoms with Crippen molar-refractivity contribution in [1.29, 1.82) is 5.26 Å². The largest absolute Gasteiger partial charge is 0.288 e. The van der Waals surface area contributed by atoms with E-state index in [4.69, 9.17) is 5.26 Å². The lowest BCUT2D eigenvalue weighted by Crippen LogP contribution is -1.88. The van der Waals surface area contributed by atoms with Gasteiger partial charge < -0.3 is 0 Å². The summed E-state index contributed by atoms with van der Waals surface area (Å²) in [7, 11) is 0. The molecule has 0 aliphatic carbocycles. The zero-order valence-corrected chi connectivity index (χ0v) is 8.99. The van der Waals surface area contributed by atoms with E-state index in [1.165, 1.54) is 18.7 Å². The van der Waals surface area contributed by atoms with Crippen LogP contribution in [-0.2, 0) is 4.79 Å². The van der Waals surface area contributed by atoms with Gasteiger partial charge in [-0.3, -0.25) is 4.79 Å². The second kappa shape index (κ2) is 5.94. The Balaban J connectivity index is 2.50. The molecule has 0 aliphatic heterocycles. The van der Waals surface area contributed by atoms with E-state index < -0.39 is 0 Å². The van der Waals surface area contributed by atoms with Crippen LogP contribution in [-0.4, -0.2) is 20.8 Å². The molecule has 0 atom stereocenters. The summed E-state index contributed by atoms with van der Waals surface area (Å²) in [5, 5.41) is 8.56. The number of nitrogens with zero attached hydrogens (tertiary/aromatic N) is 3. The van der Waals surface area contributed by atoms with Crippen LogP contribution in [0.5, 0.6) is 0 Å². The summed E-state index contributed by atoms with van der Waals surface area (Å²) < 4.78 is 0. The van der Waals surface area contributed by atoms with Crippen molar-refractivity contribution in [3.8, 4) is 6.07 Å². The summed E-state index contributed by atoms with van der Waals surface area (Å²) in [6, 6.07) is 1.84. The van der Waals surface area contributed by atoms with Crippen molar-refractivity contribution in [3.05, 3.63) is 29.9 Å². The number of carbonyl (C=O) groups is 1. The number of thioether (sulfide) groups is 1. The van der Waals surface area contributed by atoms with Crippen LogP contribution in [0.3, 0.4) is 0 Å². The zero-order chi connectivity index (χ0) is 11.1. The Morgan fingerprint density at radius 1 is 1.60 bits per heavy atom. The van der Waals surface area contributed by atoms with E-state index in [-0.39, 0.29) is 10.9 Å². The number of hydrogen-bond acceptors (Lipinski definition) is 5. The van der Waals surface area contributed by atoms with Crippen molar-refractivity contribution in [2.45, 2.75) is 6.92 Å². The Morgan fingerprint density at radius 3 is 2.80 bits per heavy atom. The second-order valence-electron chi connectivity index (χ2n) is 2.66. The van der Waals surface area contributed by atoms with Crippen molar-refractivity contribution in [1.82, 2.24) is 9.97 Å². The maximum absolute atomic E-state index is 10.6. The fourth-order valence-corrected chi connectivity index (χ4v) is 1.26. The van der Waals surface area contributed by atoms with Crippen LogP contribution in [0.25, 0.3) is 6.08 Å². The molecule has 0 saturated heterocycles. The molecule has 0 spiro atoms. The molecule has 0 aliphatic rings. The van der Waals surface area contributed by atoms with Gasteiger partial charge in [0.1, 0.15) is 6.07 Å². The smallest absolute Gasteiger partial charge is 0.232 e.